The molecule has 2 saturated heterocycles. The zero-order valence-corrected chi connectivity index (χ0v) is 14.4. The Kier molecular flexibility index (Phi) is 5.27. The van der Waals surface area contributed by atoms with Gasteiger partial charge in [-0.25, -0.2) is 4.39 Å². The molecule has 8 heteroatoms. The van der Waals surface area contributed by atoms with Gasteiger partial charge >= 0.3 is 0 Å². The van der Waals surface area contributed by atoms with Gasteiger partial charge in [0.05, 0.1) is 0 Å². The highest BCUT2D eigenvalue weighted by Crippen LogP contribution is 2.28. The number of carbonyl (C=O) groups excluding carboxylic acids is 2. The van der Waals surface area contributed by atoms with Crippen molar-refractivity contribution in [3.05, 3.63) is 34.6 Å². The lowest BCUT2D eigenvalue weighted by atomic mass is 10.0. The van der Waals surface area contributed by atoms with Crippen LogP contribution in [-0.2, 0) is 20.9 Å². The Morgan fingerprint density at radius 1 is 1.40 bits per heavy atom. The van der Waals surface area contributed by atoms with E-state index >= 15 is 0 Å². The molecule has 0 spiro atoms. The molecule has 25 heavy (non-hydrogen) atoms. The highest BCUT2D eigenvalue weighted by atomic mass is 35.5. The quantitative estimate of drug-likeness (QED) is 0.782. The summed E-state index contributed by atoms with van der Waals surface area (Å²) in [5.74, 6) is -1.86. The van der Waals surface area contributed by atoms with Gasteiger partial charge in [-0.15, -0.1) is 0 Å². The van der Waals surface area contributed by atoms with Crippen LogP contribution in [0.15, 0.2) is 18.2 Å². The summed E-state index contributed by atoms with van der Waals surface area (Å²) in [4.78, 5) is 26.5. The molecule has 2 heterocycles. The molecule has 1 aromatic carbocycles. The van der Waals surface area contributed by atoms with E-state index in [0.29, 0.717) is 38.2 Å². The third-order valence-corrected chi connectivity index (χ3v) is 4.93. The maximum absolute atomic E-state index is 13.3. The number of nitrogens with one attached hydrogen (secondary N) is 1. The van der Waals surface area contributed by atoms with Gasteiger partial charge in [0.15, 0.2) is 0 Å². The number of likely N-dealkylation sites (tertiary alicyclic amines) is 1. The largest absolute Gasteiger partial charge is 0.381 e. The average Bonchev–Trinajstić information content (AvgIpc) is 2.89. The summed E-state index contributed by atoms with van der Waals surface area (Å²) in [6.45, 7) is 1.45. The van der Waals surface area contributed by atoms with Crippen LogP contribution in [0.3, 0.4) is 0 Å². The predicted octanol–water partition coefficient (Wildman–Crippen LogP) is 1.24. The van der Waals surface area contributed by atoms with Gasteiger partial charge in [-0.1, -0.05) is 11.6 Å². The van der Waals surface area contributed by atoms with Gasteiger partial charge in [-0.05, 0) is 36.6 Å². The number of halogens is 2. The molecular formula is C17H20ClFN2O4. The first-order valence-electron chi connectivity index (χ1n) is 8.24. The average molecular weight is 371 g/mol. The minimum absolute atomic E-state index is 0.00917. The van der Waals surface area contributed by atoms with Crippen LogP contribution in [0, 0.1) is 5.82 Å². The number of benzene rings is 1. The summed E-state index contributed by atoms with van der Waals surface area (Å²) < 4.78 is 18.6. The van der Waals surface area contributed by atoms with E-state index in [1.165, 1.54) is 12.1 Å². The first kappa shape index (κ1) is 18.1. The molecule has 2 amide bonds. The molecule has 0 unspecified atom stereocenters. The lowest BCUT2D eigenvalue weighted by molar-refractivity contribution is -0.156. The molecule has 0 bridgehead atoms. The normalized spacial score (nSPS) is 24.6. The fourth-order valence-corrected chi connectivity index (χ4v) is 3.57. The van der Waals surface area contributed by atoms with Crippen molar-refractivity contribution in [2.75, 3.05) is 19.8 Å². The number of rotatable bonds is 4. The number of amides is 2. The molecule has 0 aromatic heterocycles. The smallest absolute Gasteiger partial charge is 0.264 e. The maximum Gasteiger partial charge on any atom is 0.264 e. The van der Waals surface area contributed by atoms with Crippen LogP contribution in [0.4, 0.5) is 4.39 Å². The van der Waals surface area contributed by atoms with E-state index in [2.05, 4.69) is 5.32 Å². The van der Waals surface area contributed by atoms with E-state index in [0.717, 1.165) is 6.07 Å². The van der Waals surface area contributed by atoms with Crippen LogP contribution in [0.1, 0.15) is 24.8 Å². The Morgan fingerprint density at radius 3 is 2.80 bits per heavy atom. The van der Waals surface area contributed by atoms with Crippen molar-refractivity contribution in [1.82, 2.24) is 10.2 Å². The molecule has 136 valence electrons. The Labute approximate surface area is 149 Å². The van der Waals surface area contributed by atoms with Crippen LogP contribution in [0.2, 0.25) is 5.02 Å². The summed E-state index contributed by atoms with van der Waals surface area (Å²) in [5.41, 5.74) is -1.62. The van der Waals surface area contributed by atoms with Crippen molar-refractivity contribution < 1.29 is 23.8 Å². The molecule has 6 nitrogen and oxygen atoms in total. The molecule has 0 radical (unpaired) electrons. The van der Waals surface area contributed by atoms with E-state index in [4.69, 9.17) is 16.3 Å². The van der Waals surface area contributed by atoms with Crippen molar-refractivity contribution in [2.45, 2.75) is 37.5 Å². The fourth-order valence-electron chi connectivity index (χ4n) is 3.33. The van der Waals surface area contributed by atoms with Crippen LogP contribution in [0.5, 0.6) is 0 Å². The zero-order valence-electron chi connectivity index (χ0n) is 13.6. The van der Waals surface area contributed by atoms with Crippen LogP contribution in [-0.4, -0.2) is 53.2 Å². The SMILES string of the molecule is O=C(NCc1cc(F)cc(Cl)c1)[C@@]1(O)CCN(C2CCOCC2)C1=O. The molecule has 0 saturated carbocycles. The second kappa shape index (κ2) is 7.27. The lowest BCUT2D eigenvalue weighted by Gasteiger charge is -2.32. The number of ether oxygens (including phenoxy) is 1. The maximum atomic E-state index is 13.3. The molecule has 2 aliphatic heterocycles. The number of hydrogen-bond donors (Lipinski definition) is 2. The van der Waals surface area contributed by atoms with Crippen molar-refractivity contribution in [3.8, 4) is 0 Å². The third kappa shape index (κ3) is 3.78. The first-order chi connectivity index (χ1) is 11.9. The number of aliphatic hydroxyl groups is 1. The molecule has 2 aliphatic rings. The Balaban J connectivity index is 1.63. The summed E-state index contributed by atoms with van der Waals surface area (Å²) >= 11 is 5.78. The van der Waals surface area contributed by atoms with Crippen LogP contribution < -0.4 is 5.32 Å². The highest BCUT2D eigenvalue weighted by molar-refractivity contribution is 6.30. The van der Waals surface area contributed by atoms with E-state index in [1.54, 1.807) is 4.90 Å². The monoisotopic (exact) mass is 370 g/mol. The van der Waals surface area contributed by atoms with Crippen molar-refractivity contribution >= 4 is 23.4 Å². The molecule has 3 rings (SSSR count). The summed E-state index contributed by atoms with van der Waals surface area (Å²) in [6, 6.07) is 3.90. The standard InChI is InChI=1S/C17H20ClFN2O4/c18-12-7-11(8-13(19)9-12)10-20-15(22)17(24)3-4-21(16(17)23)14-1-5-25-6-2-14/h7-9,14,24H,1-6,10H2,(H,20,22)/t17-/m0/s1. The van der Waals surface area contributed by atoms with Crippen molar-refractivity contribution in [3.63, 3.8) is 0 Å². The van der Waals surface area contributed by atoms with E-state index in [-0.39, 0.29) is 24.0 Å². The Morgan fingerprint density at radius 2 is 2.12 bits per heavy atom. The van der Waals surface area contributed by atoms with Crippen LogP contribution >= 0.6 is 11.6 Å². The number of hydrogen-bond acceptors (Lipinski definition) is 4. The zero-order chi connectivity index (χ0) is 18.0. The van der Waals surface area contributed by atoms with Gasteiger partial charge < -0.3 is 20.1 Å². The molecule has 0 aliphatic carbocycles. The lowest BCUT2D eigenvalue weighted by Crippen LogP contribution is -2.54. The minimum atomic E-state index is -2.07. The van der Waals surface area contributed by atoms with E-state index in [1.807, 2.05) is 0 Å². The van der Waals surface area contributed by atoms with Gasteiger partial charge in [-0.2, -0.15) is 0 Å². The molecule has 2 N–H and O–H groups in total. The molecule has 1 atom stereocenters. The van der Waals surface area contributed by atoms with Gasteiger partial charge in [0.25, 0.3) is 11.8 Å². The van der Waals surface area contributed by atoms with Gasteiger partial charge in [0, 0.05) is 43.8 Å². The van der Waals surface area contributed by atoms with E-state index < -0.39 is 23.2 Å². The van der Waals surface area contributed by atoms with E-state index in [9.17, 15) is 19.1 Å². The predicted molar refractivity (Wildman–Crippen MR) is 88.4 cm³/mol. The molecular weight excluding hydrogens is 351 g/mol. The first-order valence-corrected chi connectivity index (χ1v) is 8.62. The third-order valence-electron chi connectivity index (χ3n) is 4.71. The summed E-state index contributed by atoms with van der Waals surface area (Å²) in [5, 5.41) is 13.3. The number of nitrogens with zero attached hydrogens (tertiary/aromatic N) is 1. The fraction of sp³-hybridized carbons (Fsp3) is 0.529. The van der Waals surface area contributed by atoms with Crippen LogP contribution in [0.25, 0.3) is 0 Å². The van der Waals surface area contributed by atoms with Gasteiger partial charge in [-0.3, -0.25) is 9.59 Å². The Bertz CT molecular complexity index is 660. The van der Waals surface area contributed by atoms with Gasteiger partial charge in [0.2, 0.25) is 5.60 Å². The summed E-state index contributed by atoms with van der Waals surface area (Å²) in [7, 11) is 0. The van der Waals surface area contributed by atoms with Crippen molar-refractivity contribution in [2.24, 2.45) is 0 Å². The second-order valence-electron chi connectivity index (χ2n) is 6.41. The topological polar surface area (TPSA) is 78.9 Å². The highest BCUT2D eigenvalue weighted by Gasteiger charge is 2.52. The second-order valence-corrected chi connectivity index (χ2v) is 6.85. The van der Waals surface area contributed by atoms with Crippen molar-refractivity contribution in [1.29, 1.82) is 0 Å². The minimum Gasteiger partial charge on any atom is -0.381 e. The number of carbonyl (C=O) groups is 2. The van der Waals surface area contributed by atoms with Gasteiger partial charge in [0.1, 0.15) is 5.82 Å². The Hall–Kier alpha value is -1.70. The summed E-state index contributed by atoms with van der Waals surface area (Å²) in [6.07, 6.45) is 1.44. The molecule has 1 aromatic rings. The molecule has 2 fully saturated rings.